The summed E-state index contributed by atoms with van der Waals surface area (Å²) in [6.07, 6.45) is 5.53. The second-order valence-electron chi connectivity index (χ2n) is 5.91. The largest absolute Gasteiger partial charge is 0.373 e. The normalized spacial score (nSPS) is 30.7. The minimum Gasteiger partial charge on any atom is -0.373 e. The third-order valence-electron chi connectivity index (χ3n) is 4.54. The molecule has 0 aliphatic carbocycles. The maximum absolute atomic E-state index is 6.17. The third kappa shape index (κ3) is 2.45. The summed E-state index contributed by atoms with van der Waals surface area (Å²) >= 11 is 0. The summed E-state index contributed by atoms with van der Waals surface area (Å²) in [7, 11) is 0. The molecule has 2 fully saturated rings. The zero-order chi connectivity index (χ0) is 12.5. The van der Waals surface area contributed by atoms with Crippen LogP contribution < -0.4 is 5.32 Å². The maximum Gasteiger partial charge on any atom is 0.0725 e. The molecule has 18 heavy (non-hydrogen) atoms. The van der Waals surface area contributed by atoms with Crippen LogP contribution >= 0.6 is 0 Å². The van der Waals surface area contributed by atoms with Crippen LogP contribution in [-0.2, 0) is 11.3 Å². The van der Waals surface area contributed by atoms with Crippen molar-refractivity contribution in [3.05, 3.63) is 34.9 Å². The van der Waals surface area contributed by atoms with Gasteiger partial charge in [0.15, 0.2) is 0 Å². The van der Waals surface area contributed by atoms with Crippen LogP contribution in [0.5, 0.6) is 0 Å². The monoisotopic (exact) mass is 245 g/mol. The van der Waals surface area contributed by atoms with Crippen LogP contribution in [0.2, 0.25) is 0 Å². The number of piperidine rings is 1. The van der Waals surface area contributed by atoms with E-state index in [1.807, 2.05) is 0 Å². The Bertz CT molecular complexity index is 397. The first-order chi connectivity index (χ1) is 8.72. The van der Waals surface area contributed by atoms with Gasteiger partial charge in [0.05, 0.1) is 12.7 Å². The van der Waals surface area contributed by atoms with Crippen molar-refractivity contribution in [2.45, 2.75) is 64.3 Å². The fraction of sp³-hybridized carbons (Fsp3) is 0.625. The molecule has 0 radical (unpaired) electrons. The third-order valence-corrected chi connectivity index (χ3v) is 4.54. The summed E-state index contributed by atoms with van der Waals surface area (Å²) in [5.41, 5.74) is 4.09. The highest BCUT2D eigenvalue weighted by Gasteiger charge is 2.33. The molecule has 2 bridgehead atoms. The predicted molar refractivity (Wildman–Crippen MR) is 73.7 cm³/mol. The van der Waals surface area contributed by atoms with Crippen LogP contribution in [0.15, 0.2) is 18.2 Å². The highest BCUT2D eigenvalue weighted by Crippen LogP contribution is 2.29. The van der Waals surface area contributed by atoms with Gasteiger partial charge in [0, 0.05) is 12.1 Å². The van der Waals surface area contributed by atoms with E-state index >= 15 is 0 Å². The van der Waals surface area contributed by atoms with Gasteiger partial charge in [-0.05, 0) is 56.2 Å². The molecule has 2 saturated heterocycles. The summed E-state index contributed by atoms with van der Waals surface area (Å²) in [5.74, 6) is 0. The van der Waals surface area contributed by atoms with Crippen molar-refractivity contribution in [1.82, 2.24) is 5.32 Å². The number of fused-ring (bicyclic) bond motifs is 2. The van der Waals surface area contributed by atoms with Crippen molar-refractivity contribution in [2.75, 3.05) is 0 Å². The van der Waals surface area contributed by atoms with Crippen molar-refractivity contribution in [3.8, 4) is 0 Å². The van der Waals surface area contributed by atoms with Crippen LogP contribution in [0, 0.1) is 13.8 Å². The van der Waals surface area contributed by atoms with E-state index < -0.39 is 0 Å². The van der Waals surface area contributed by atoms with Gasteiger partial charge in [-0.2, -0.15) is 0 Å². The molecule has 3 atom stereocenters. The SMILES string of the molecule is Cc1cccc(C)c1COC1C[C@H]2CC[C@@H](C1)N2. The van der Waals surface area contributed by atoms with Gasteiger partial charge in [0.2, 0.25) is 0 Å². The molecule has 2 aliphatic heterocycles. The van der Waals surface area contributed by atoms with Gasteiger partial charge in [-0.3, -0.25) is 0 Å². The Morgan fingerprint density at radius 2 is 1.72 bits per heavy atom. The van der Waals surface area contributed by atoms with Crippen LogP contribution in [0.4, 0.5) is 0 Å². The topological polar surface area (TPSA) is 21.3 Å². The van der Waals surface area contributed by atoms with E-state index in [9.17, 15) is 0 Å². The van der Waals surface area contributed by atoms with Gasteiger partial charge < -0.3 is 10.1 Å². The summed E-state index contributed by atoms with van der Waals surface area (Å²) in [4.78, 5) is 0. The van der Waals surface area contributed by atoms with E-state index in [-0.39, 0.29) is 0 Å². The highest BCUT2D eigenvalue weighted by molar-refractivity contribution is 5.32. The molecule has 2 heteroatoms. The van der Waals surface area contributed by atoms with Crippen molar-refractivity contribution in [2.24, 2.45) is 0 Å². The van der Waals surface area contributed by atoms with E-state index in [0.29, 0.717) is 18.2 Å². The first kappa shape index (κ1) is 12.2. The van der Waals surface area contributed by atoms with Crippen molar-refractivity contribution in [3.63, 3.8) is 0 Å². The number of nitrogens with one attached hydrogen (secondary N) is 1. The molecule has 1 N–H and O–H groups in total. The molecule has 2 heterocycles. The first-order valence-electron chi connectivity index (χ1n) is 7.15. The van der Waals surface area contributed by atoms with E-state index in [4.69, 9.17) is 4.74 Å². The summed E-state index contributed by atoms with van der Waals surface area (Å²) in [5, 5.41) is 3.66. The van der Waals surface area contributed by atoms with Crippen molar-refractivity contribution in [1.29, 1.82) is 0 Å². The smallest absolute Gasteiger partial charge is 0.0725 e. The zero-order valence-electron chi connectivity index (χ0n) is 11.4. The second kappa shape index (κ2) is 5.02. The van der Waals surface area contributed by atoms with Crippen LogP contribution in [0.1, 0.15) is 42.4 Å². The second-order valence-corrected chi connectivity index (χ2v) is 5.91. The Balaban J connectivity index is 1.61. The summed E-state index contributed by atoms with van der Waals surface area (Å²) < 4.78 is 6.17. The fourth-order valence-electron chi connectivity index (χ4n) is 3.42. The van der Waals surface area contributed by atoms with E-state index in [1.54, 1.807) is 0 Å². The minimum absolute atomic E-state index is 0.461. The predicted octanol–water partition coefficient (Wildman–Crippen LogP) is 3.10. The molecular weight excluding hydrogens is 222 g/mol. The number of rotatable bonds is 3. The van der Waals surface area contributed by atoms with E-state index in [2.05, 4.69) is 37.4 Å². The first-order valence-corrected chi connectivity index (χ1v) is 7.15. The molecule has 2 nitrogen and oxygen atoms in total. The van der Waals surface area contributed by atoms with E-state index in [0.717, 1.165) is 6.61 Å². The quantitative estimate of drug-likeness (QED) is 0.883. The van der Waals surface area contributed by atoms with Crippen molar-refractivity contribution >= 4 is 0 Å². The molecule has 0 spiro atoms. The lowest BCUT2D eigenvalue weighted by molar-refractivity contribution is 0.00876. The Morgan fingerprint density at radius 1 is 1.11 bits per heavy atom. The van der Waals surface area contributed by atoms with Crippen molar-refractivity contribution < 1.29 is 4.74 Å². The number of ether oxygens (including phenoxy) is 1. The Hall–Kier alpha value is -0.860. The molecule has 0 amide bonds. The zero-order valence-corrected chi connectivity index (χ0v) is 11.4. The number of benzene rings is 1. The molecule has 98 valence electrons. The standard InChI is InChI=1S/C16H23NO/c1-11-4-3-5-12(2)16(11)10-18-15-8-13-6-7-14(9-15)17-13/h3-5,13-15,17H,6-10H2,1-2H3/t13-,14+,15?. The molecule has 3 rings (SSSR count). The minimum atomic E-state index is 0.461. The van der Waals surface area contributed by atoms with E-state index in [1.165, 1.54) is 42.4 Å². The lowest BCUT2D eigenvalue weighted by Crippen LogP contribution is -2.41. The number of hydrogen-bond donors (Lipinski definition) is 1. The Kier molecular flexibility index (Phi) is 3.40. The molecule has 2 aliphatic rings. The molecule has 1 aromatic carbocycles. The maximum atomic E-state index is 6.17. The van der Waals surface area contributed by atoms with Crippen LogP contribution in [0.25, 0.3) is 0 Å². The van der Waals surface area contributed by atoms with Crippen LogP contribution in [0.3, 0.4) is 0 Å². The van der Waals surface area contributed by atoms with Gasteiger partial charge in [0.1, 0.15) is 0 Å². The molecule has 0 saturated carbocycles. The summed E-state index contributed by atoms with van der Waals surface area (Å²) in [6.45, 7) is 5.14. The van der Waals surface area contributed by atoms with Gasteiger partial charge >= 0.3 is 0 Å². The number of hydrogen-bond acceptors (Lipinski definition) is 2. The van der Waals surface area contributed by atoms with Gasteiger partial charge in [-0.1, -0.05) is 18.2 Å². The average Bonchev–Trinajstić information content (AvgIpc) is 2.68. The highest BCUT2D eigenvalue weighted by atomic mass is 16.5. The Morgan fingerprint density at radius 3 is 2.33 bits per heavy atom. The molecule has 1 unspecified atom stereocenters. The average molecular weight is 245 g/mol. The Labute approximate surface area is 110 Å². The fourth-order valence-corrected chi connectivity index (χ4v) is 3.42. The van der Waals surface area contributed by atoms with Crippen LogP contribution in [-0.4, -0.2) is 18.2 Å². The molecule has 1 aromatic rings. The van der Waals surface area contributed by atoms with Gasteiger partial charge in [0.25, 0.3) is 0 Å². The molecule has 0 aromatic heterocycles. The van der Waals surface area contributed by atoms with Gasteiger partial charge in [-0.15, -0.1) is 0 Å². The lowest BCUT2D eigenvalue weighted by Gasteiger charge is -2.29. The molecular formula is C16H23NO. The number of aryl methyl sites for hydroxylation is 2. The summed E-state index contributed by atoms with van der Waals surface area (Å²) in [6, 6.07) is 7.91. The van der Waals surface area contributed by atoms with Gasteiger partial charge in [-0.25, -0.2) is 0 Å². The lowest BCUT2D eigenvalue weighted by atomic mass is 10.0.